The van der Waals surface area contributed by atoms with E-state index in [1.165, 1.54) is 0 Å². The van der Waals surface area contributed by atoms with Crippen molar-refractivity contribution >= 4 is 17.3 Å². The van der Waals surface area contributed by atoms with Gasteiger partial charge in [-0.1, -0.05) is 0 Å². The maximum absolute atomic E-state index is 12.0. The van der Waals surface area contributed by atoms with Gasteiger partial charge in [0.25, 0.3) is 6.43 Å². The number of halogens is 2. The first-order chi connectivity index (χ1) is 8.06. The number of aromatic carboxylic acids is 1. The summed E-state index contributed by atoms with van der Waals surface area (Å²) in [6.07, 6.45) is -2.57. The van der Waals surface area contributed by atoms with Crippen LogP contribution in [0.2, 0.25) is 0 Å². The van der Waals surface area contributed by atoms with Gasteiger partial charge in [-0.3, -0.25) is 4.90 Å². The van der Waals surface area contributed by atoms with Crippen molar-refractivity contribution in [2.24, 2.45) is 0 Å². The van der Waals surface area contributed by atoms with Gasteiger partial charge in [-0.05, 0) is 11.4 Å². The summed E-state index contributed by atoms with van der Waals surface area (Å²) in [5.74, 6) is -1.02. The molecule has 1 fully saturated rings. The van der Waals surface area contributed by atoms with Crippen molar-refractivity contribution < 1.29 is 42.3 Å². The van der Waals surface area contributed by atoms with E-state index >= 15 is 0 Å². The number of carbonyl (C=O) groups excluding carboxylic acids is 1. The molecule has 4 nitrogen and oxygen atoms in total. The topological polar surface area (TPSA) is 52.6 Å². The fraction of sp³-hybridized carbons (Fsp3) is 0.500. The Balaban J connectivity index is 0.00000162. The molecule has 2 heterocycles. The first-order valence-corrected chi connectivity index (χ1v) is 5.90. The first kappa shape index (κ1) is 15.4. The van der Waals surface area contributed by atoms with Crippen LogP contribution < -0.4 is 28.7 Å². The van der Waals surface area contributed by atoms with Crippen molar-refractivity contribution in [2.75, 3.05) is 19.6 Å². The van der Waals surface area contributed by atoms with Crippen LogP contribution in [0.3, 0.4) is 0 Å². The molecule has 1 saturated heterocycles. The molecule has 0 aromatic carbocycles. The fourth-order valence-electron chi connectivity index (χ4n) is 1.66. The predicted molar refractivity (Wildman–Crippen MR) is 55.5 cm³/mol. The number of rotatable bonds is 5. The average molecular weight is 269 g/mol. The molecule has 18 heavy (non-hydrogen) atoms. The molecule has 0 bridgehead atoms. The van der Waals surface area contributed by atoms with Crippen LogP contribution in [0.1, 0.15) is 9.67 Å². The maximum atomic E-state index is 12.0. The second kappa shape index (κ2) is 6.52. The molecule has 0 unspecified atom stereocenters. The third kappa shape index (κ3) is 3.69. The summed E-state index contributed by atoms with van der Waals surface area (Å²) in [7, 11) is 0. The number of likely N-dealkylation sites (tertiary alicyclic amines) is 1. The number of hydrogen-bond acceptors (Lipinski definition) is 5. The van der Waals surface area contributed by atoms with Crippen LogP contribution in [-0.2, 0) is 0 Å². The Morgan fingerprint density at radius 1 is 1.61 bits per heavy atom. The van der Waals surface area contributed by atoms with Crippen molar-refractivity contribution in [3.63, 3.8) is 0 Å². The van der Waals surface area contributed by atoms with Gasteiger partial charge in [0.15, 0.2) is 0 Å². The monoisotopic (exact) mass is 269 g/mol. The number of hydrogen-bond donors (Lipinski definition) is 0. The Hall–Kier alpha value is -0.613. The molecule has 0 radical (unpaired) electrons. The van der Waals surface area contributed by atoms with Gasteiger partial charge < -0.3 is 14.6 Å². The largest absolute Gasteiger partial charge is 1.00 e. The van der Waals surface area contributed by atoms with Crippen LogP contribution >= 0.6 is 11.3 Å². The second-order valence-electron chi connectivity index (χ2n) is 3.75. The zero-order valence-electron chi connectivity index (χ0n) is 9.77. The van der Waals surface area contributed by atoms with Gasteiger partial charge in [-0.2, -0.15) is 0 Å². The number of ether oxygens (including phenoxy) is 1. The van der Waals surface area contributed by atoms with E-state index in [1.54, 1.807) is 16.3 Å². The van der Waals surface area contributed by atoms with Gasteiger partial charge in [0.1, 0.15) is 11.9 Å². The van der Waals surface area contributed by atoms with Gasteiger partial charge in [-0.15, -0.1) is 11.3 Å². The van der Waals surface area contributed by atoms with Gasteiger partial charge >= 0.3 is 18.9 Å². The minimum atomic E-state index is -2.35. The van der Waals surface area contributed by atoms with E-state index < -0.39 is 12.4 Å². The number of carbonyl (C=O) groups is 1. The minimum absolute atomic E-state index is 0. The summed E-state index contributed by atoms with van der Waals surface area (Å²) in [5, 5.41) is 12.3. The molecule has 94 valence electrons. The van der Waals surface area contributed by atoms with E-state index in [9.17, 15) is 18.7 Å². The van der Waals surface area contributed by atoms with E-state index in [4.69, 9.17) is 4.74 Å². The molecule has 0 amide bonds. The van der Waals surface area contributed by atoms with Crippen molar-refractivity contribution in [3.05, 3.63) is 16.3 Å². The summed E-state index contributed by atoms with van der Waals surface area (Å²) in [6.45, 7) is 0.524. The Kier molecular flexibility index (Phi) is 5.60. The molecular weight excluding hydrogens is 259 g/mol. The molecule has 1 aliphatic rings. The summed E-state index contributed by atoms with van der Waals surface area (Å²) in [5.41, 5.74) is 0. The Bertz CT molecular complexity index is 410. The van der Waals surface area contributed by atoms with Gasteiger partial charge in [-0.25, -0.2) is 8.78 Å². The smallest absolute Gasteiger partial charge is 0.544 e. The van der Waals surface area contributed by atoms with E-state index in [0.717, 1.165) is 11.3 Å². The SMILES string of the molecule is O=C([O-])c1sccc1OC1CN(CC(F)F)C1.[Li+]. The first-order valence-electron chi connectivity index (χ1n) is 5.02. The summed E-state index contributed by atoms with van der Waals surface area (Å²) < 4.78 is 29.4. The zero-order chi connectivity index (χ0) is 12.4. The van der Waals surface area contributed by atoms with Crippen LogP contribution in [0.25, 0.3) is 0 Å². The number of nitrogens with zero attached hydrogens (tertiary/aromatic N) is 1. The Labute approximate surface area is 119 Å². The van der Waals surface area contributed by atoms with Gasteiger partial charge in [0.2, 0.25) is 0 Å². The molecule has 1 aliphatic heterocycles. The summed E-state index contributed by atoms with van der Waals surface area (Å²) >= 11 is 1.03. The summed E-state index contributed by atoms with van der Waals surface area (Å²) in [4.78, 5) is 12.3. The molecule has 0 atom stereocenters. The molecule has 1 aromatic rings. The number of carboxylic acids is 1. The van der Waals surface area contributed by atoms with Crippen LogP contribution in [0.4, 0.5) is 8.78 Å². The quantitative estimate of drug-likeness (QED) is 0.552. The number of alkyl halides is 2. The van der Waals surface area contributed by atoms with Crippen LogP contribution in [0, 0.1) is 0 Å². The average Bonchev–Trinajstić information content (AvgIpc) is 2.61. The molecule has 2 rings (SSSR count). The Morgan fingerprint density at radius 3 is 2.83 bits per heavy atom. The van der Waals surface area contributed by atoms with Crippen molar-refractivity contribution in [1.29, 1.82) is 0 Å². The number of thiophene rings is 1. The number of carboxylic acid groups (broad SMARTS) is 1. The van der Waals surface area contributed by atoms with E-state index in [1.807, 2.05) is 0 Å². The van der Waals surface area contributed by atoms with E-state index in [2.05, 4.69) is 0 Å². The van der Waals surface area contributed by atoms with Gasteiger partial charge in [0, 0.05) is 13.1 Å². The van der Waals surface area contributed by atoms with Crippen molar-refractivity contribution in [1.82, 2.24) is 4.90 Å². The minimum Gasteiger partial charge on any atom is -0.544 e. The van der Waals surface area contributed by atoms with E-state index in [0.29, 0.717) is 13.1 Å². The maximum Gasteiger partial charge on any atom is 1.00 e. The molecule has 1 aromatic heterocycles. The third-order valence-electron chi connectivity index (χ3n) is 2.43. The fourth-order valence-corrected chi connectivity index (χ4v) is 2.32. The van der Waals surface area contributed by atoms with Crippen LogP contribution in [0.15, 0.2) is 11.4 Å². The molecule has 0 saturated carbocycles. The molecule has 8 heteroatoms. The van der Waals surface area contributed by atoms with Crippen LogP contribution in [0.5, 0.6) is 5.75 Å². The molecule has 0 aliphatic carbocycles. The normalized spacial score (nSPS) is 16.2. The molecular formula is C10H10F2LiNO3S. The standard InChI is InChI=1S/C10H11F2NO3S.Li/c11-8(12)5-13-3-6(4-13)16-7-1-2-17-9(7)10(14)15;/h1-2,6,8H,3-5H2,(H,14,15);/q;+1/p-1. The van der Waals surface area contributed by atoms with Crippen molar-refractivity contribution in [2.45, 2.75) is 12.5 Å². The third-order valence-corrected chi connectivity index (χ3v) is 3.30. The van der Waals surface area contributed by atoms with Crippen molar-refractivity contribution in [3.8, 4) is 5.75 Å². The second-order valence-corrected chi connectivity index (χ2v) is 4.67. The predicted octanol–water partition coefficient (Wildman–Crippen LogP) is -2.56. The van der Waals surface area contributed by atoms with E-state index in [-0.39, 0.29) is 42.1 Å². The zero-order valence-corrected chi connectivity index (χ0v) is 10.6. The summed E-state index contributed by atoms with van der Waals surface area (Å²) in [6, 6.07) is 1.55. The van der Waals surface area contributed by atoms with Gasteiger partial charge in [0.05, 0.1) is 17.4 Å². The Morgan fingerprint density at radius 2 is 2.28 bits per heavy atom. The van der Waals surface area contributed by atoms with Crippen LogP contribution in [-0.4, -0.2) is 43.0 Å². The molecule has 0 spiro atoms. The molecule has 0 N–H and O–H groups in total.